The molecule has 0 fully saturated rings. The largest absolute Gasteiger partial charge is 0.462 e. The zero-order valence-corrected chi connectivity index (χ0v) is 11.5. The van der Waals surface area contributed by atoms with E-state index in [0.717, 1.165) is 12.1 Å². The Balaban J connectivity index is 2.41. The zero-order valence-electron chi connectivity index (χ0n) is 11.5. The van der Waals surface area contributed by atoms with Crippen LogP contribution in [0.15, 0.2) is 6.07 Å². The molecular formula is C15H21NO2. The van der Waals surface area contributed by atoms with Gasteiger partial charge in [0.05, 0.1) is 17.9 Å². The normalized spacial score (nSPS) is 18.9. The molecule has 1 aliphatic rings. The van der Waals surface area contributed by atoms with Crippen LogP contribution >= 0.6 is 0 Å². The number of aromatic nitrogens is 1. The second kappa shape index (κ2) is 5.51. The average Bonchev–Trinajstić information content (AvgIpc) is 2.51. The van der Waals surface area contributed by atoms with Crippen LogP contribution in [0, 0.1) is 6.92 Å². The molecule has 0 N–H and O–H groups in total. The molecule has 2 rings (SSSR count). The van der Waals surface area contributed by atoms with E-state index in [1.165, 1.54) is 30.5 Å². The lowest BCUT2D eigenvalue weighted by Crippen LogP contribution is -2.11. The third-order valence-electron chi connectivity index (χ3n) is 3.62. The number of hydrogen-bond acceptors (Lipinski definition) is 3. The smallest absolute Gasteiger partial charge is 0.339 e. The first kappa shape index (κ1) is 13.1. The Morgan fingerprint density at radius 2 is 2.28 bits per heavy atom. The summed E-state index contributed by atoms with van der Waals surface area (Å²) in [4.78, 5) is 16.5. The molecule has 1 unspecified atom stereocenters. The van der Waals surface area contributed by atoms with Crippen LogP contribution in [-0.2, 0) is 11.2 Å². The van der Waals surface area contributed by atoms with Crippen LogP contribution < -0.4 is 0 Å². The molecule has 18 heavy (non-hydrogen) atoms. The summed E-state index contributed by atoms with van der Waals surface area (Å²) in [5.41, 5.74) is 3.83. The number of aryl methyl sites for hydroxylation is 2. The Kier molecular flexibility index (Phi) is 4.00. The third kappa shape index (κ3) is 2.55. The second-order valence-electron chi connectivity index (χ2n) is 5.03. The van der Waals surface area contributed by atoms with Crippen LogP contribution in [0.4, 0.5) is 0 Å². The summed E-state index contributed by atoms with van der Waals surface area (Å²) in [6.45, 7) is 6.35. The number of nitrogens with zero attached hydrogens (tertiary/aromatic N) is 1. The summed E-state index contributed by atoms with van der Waals surface area (Å²) in [5, 5.41) is 0. The number of pyridine rings is 1. The highest BCUT2D eigenvalue weighted by Gasteiger charge is 2.20. The maximum absolute atomic E-state index is 11.9. The predicted octanol–water partition coefficient (Wildman–Crippen LogP) is 3.40. The summed E-state index contributed by atoms with van der Waals surface area (Å²) in [7, 11) is 0. The van der Waals surface area contributed by atoms with Gasteiger partial charge in [-0.25, -0.2) is 4.79 Å². The van der Waals surface area contributed by atoms with Crippen molar-refractivity contribution in [1.29, 1.82) is 0 Å². The van der Waals surface area contributed by atoms with E-state index in [0.29, 0.717) is 18.1 Å². The maximum Gasteiger partial charge on any atom is 0.339 e. The van der Waals surface area contributed by atoms with E-state index in [-0.39, 0.29) is 5.97 Å². The lowest BCUT2D eigenvalue weighted by atomic mass is 9.98. The van der Waals surface area contributed by atoms with Crippen LogP contribution in [0.5, 0.6) is 0 Å². The molecule has 1 aromatic rings. The van der Waals surface area contributed by atoms with Gasteiger partial charge in [-0.15, -0.1) is 0 Å². The van der Waals surface area contributed by atoms with Crippen LogP contribution in [-0.4, -0.2) is 17.6 Å². The SMILES string of the molecule is CCOC(=O)c1cc2c(nc1C)C(C)CCCC2. The first-order valence-corrected chi connectivity index (χ1v) is 6.81. The van der Waals surface area contributed by atoms with E-state index >= 15 is 0 Å². The Hall–Kier alpha value is -1.38. The van der Waals surface area contributed by atoms with Crippen LogP contribution in [0.2, 0.25) is 0 Å². The summed E-state index contributed by atoms with van der Waals surface area (Å²) >= 11 is 0. The predicted molar refractivity (Wildman–Crippen MR) is 70.9 cm³/mol. The summed E-state index contributed by atoms with van der Waals surface area (Å²) in [6, 6.07) is 2.00. The summed E-state index contributed by atoms with van der Waals surface area (Å²) in [5.74, 6) is 0.250. The van der Waals surface area contributed by atoms with E-state index in [9.17, 15) is 4.79 Å². The van der Waals surface area contributed by atoms with Crippen molar-refractivity contribution in [3.05, 3.63) is 28.6 Å². The van der Waals surface area contributed by atoms with Gasteiger partial charge in [0, 0.05) is 5.69 Å². The number of carbonyl (C=O) groups is 1. The molecule has 0 radical (unpaired) electrons. The van der Waals surface area contributed by atoms with Crippen molar-refractivity contribution in [3.63, 3.8) is 0 Å². The van der Waals surface area contributed by atoms with Gasteiger partial charge >= 0.3 is 5.97 Å². The minimum absolute atomic E-state index is 0.248. The molecule has 3 heteroatoms. The van der Waals surface area contributed by atoms with Gasteiger partial charge < -0.3 is 4.74 Å². The van der Waals surface area contributed by atoms with Gasteiger partial charge in [-0.3, -0.25) is 4.98 Å². The van der Waals surface area contributed by atoms with Gasteiger partial charge in [-0.05, 0) is 50.7 Å². The highest BCUT2D eigenvalue weighted by atomic mass is 16.5. The number of carbonyl (C=O) groups excluding carboxylic acids is 1. The number of hydrogen-bond donors (Lipinski definition) is 0. The van der Waals surface area contributed by atoms with Crippen molar-refractivity contribution < 1.29 is 9.53 Å². The van der Waals surface area contributed by atoms with Crippen molar-refractivity contribution in [2.24, 2.45) is 0 Å². The fourth-order valence-electron chi connectivity index (χ4n) is 2.61. The quantitative estimate of drug-likeness (QED) is 0.594. The fraction of sp³-hybridized carbons (Fsp3) is 0.600. The topological polar surface area (TPSA) is 39.2 Å². The van der Waals surface area contributed by atoms with Crippen LogP contribution in [0.25, 0.3) is 0 Å². The van der Waals surface area contributed by atoms with Gasteiger partial charge in [0.1, 0.15) is 0 Å². The Bertz CT molecular complexity index is 454. The van der Waals surface area contributed by atoms with Crippen molar-refractivity contribution in [1.82, 2.24) is 4.98 Å². The molecule has 1 aliphatic carbocycles. The average molecular weight is 247 g/mol. The molecule has 0 saturated heterocycles. The highest BCUT2D eigenvalue weighted by molar-refractivity contribution is 5.90. The molecular weight excluding hydrogens is 226 g/mol. The molecule has 0 aliphatic heterocycles. The van der Waals surface area contributed by atoms with Crippen LogP contribution in [0.1, 0.15) is 66.3 Å². The molecule has 98 valence electrons. The van der Waals surface area contributed by atoms with Crippen molar-refractivity contribution in [2.45, 2.75) is 52.4 Å². The first-order valence-electron chi connectivity index (χ1n) is 6.81. The van der Waals surface area contributed by atoms with Gasteiger partial charge in [0.2, 0.25) is 0 Å². The lowest BCUT2D eigenvalue weighted by Gasteiger charge is -2.14. The molecule has 0 bridgehead atoms. The van der Waals surface area contributed by atoms with E-state index in [2.05, 4.69) is 11.9 Å². The minimum atomic E-state index is -0.248. The van der Waals surface area contributed by atoms with Gasteiger partial charge in [-0.2, -0.15) is 0 Å². The van der Waals surface area contributed by atoms with E-state index in [1.54, 1.807) is 0 Å². The van der Waals surface area contributed by atoms with Gasteiger partial charge in [0.25, 0.3) is 0 Å². The Labute approximate surface area is 109 Å². The van der Waals surface area contributed by atoms with E-state index in [4.69, 9.17) is 4.74 Å². The third-order valence-corrected chi connectivity index (χ3v) is 3.62. The number of esters is 1. The molecule has 1 aromatic heterocycles. The standard InChI is InChI=1S/C15H21NO2/c1-4-18-15(17)13-9-12-8-6-5-7-10(2)14(12)16-11(13)3/h9-10H,4-8H2,1-3H3. The van der Waals surface area contributed by atoms with E-state index < -0.39 is 0 Å². The Morgan fingerprint density at radius 3 is 3.00 bits per heavy atom. The van der Waals surface area contributed by atoms with Crippen LogP contribution in [0.3, 0.4) is 0 Å². The molecule has 1 heterocycles. The van der Waals surface area contributed by atoms with E-state index in [1.807, 2.05) is 19.9 Å². The molecule has 3 nitrogen and oxygen atoms in total. The number of ether oxygens (including phenoxy) is 1. The molecule has 0 spiro atoms. The maximum atomic E-state index is 11.9. The van der Waals surface area contributed by atoms with Crippen molar-refractivity contribution in [3.8, 4) is 0 Å². The number of fused-ring (bicyclic) bond motifs is 1. The fourth-order valence-corrected chi connectivity index (χ4v) is 2.61. The summed E-state index contributed by atoms with van der Waals surface area (Å²) in [6.07, 6.45) is 4.65. The van der Waals surface area contributed by atoms with Gasteiger partial charge in [0.15, 0.2) is 0 Å². The van der Waals surface area contributed by atoms with Crippen molar-refractivity contribution >= 4 is 5.97 Å². The molecule has 1 atom stereocenters. The monoisotopic (exact) mass is 247 g/mol. The lowest BCUT2D eigenvalue weighted by molar-refractivity contribution is 0.0524. The summed E-state index contributed by atoms with van der Waals surface area (Å²) < 4.78 is 5.08. The second-order valence-corrected chi connectivity index (χ2v) is 5.03. The number of rotatable bonds is 2. The van der Waals surface area contributed by atoms with Crippen molar-refractivity contribution in [2.75, 3.05) is 6.61 Å². The first-order chi connectivity index (χ1) is 8.63. The molecule has 0 saturated carbocycles. The molecule has 0 amide bonds. The molecule has 0 aromatic carbocycles. The highest BCUT2D eigenvalue weighted by Crippen LogP contribution is 2.30. The minimum Gasteiger partial charge on any atom is -0.462 e. The Morgan fingerprint density at radius 1 is 1.50 bits per heavy atom. The zero-order chi connectivity index (χ0) is 13.1. The van der Waals surface area contributed by atoms with Gasteiger partial charge in [-0.1, -0.05) is 13.3 Å².